The van der Waals surface area contributed by atoms with Crippen molar-refractivity contribution in [2.24, 2.45) is 0 Å². The summed E-state index contributed by atoms with van der Waals surface area (Å²) in [4.78, 5) is 12.1. The summed E-state index contributed by atoms with van der Waals surface area (Å²) in [5.41, 5.74) is 5.85. The molecule has 0 aliphatic heterocycles. The highest BCUT2D eigenvalue weighted by atomic mass is 16.5. The maximum absolute atomic E-state index is 12.1. The van der Waals surface area contributed by atoms with Crippen molar-refractivity contribution in [1.82, 2.24) is 0 Å². The minimum Gasteiger partial charge on any atom is -0.490 e. The number of hydrogen-bond acceptors (Lipinski definition) is 3. The van der Waals surface area contributed by atoms with Crippen LogP contribution in [-0.2, 0) is 16.0 Å². The normalized spacial score (nSPS) is 17.3. The Balaban J connectivity index is 1.62. The van der Waals surface area contributed by atoms with E-state index in [0.29, 0.717) is 12.7 Å². The predicted molar refractivity (Wildman–Crippen MR) is 125 cm³/mol. The number of carbonyl (C=O) groups excluding carboxylic acids is 1. The molecule has 0 radical (unpaired) electrons. The maximum atomic E-state index is 12.1. The van der Waals surface area contributed by atoms with E-state index >= 15 is 0 Å². The van der Waals surface area contributed by atoms with E-state index in [0.717, 1.165) is 42.6 Å². The van der Waals surface area contributed by atoms with Gasteiger partial charge >= 0.3 is 5.97 Å². The van der Waals surface area contributed by atoms with Gasteiger partial charge in [-0.2, -0.15) is 0 Å². The highest BCUT2D eigenvalue weighted by molar-refractivity contribution is 5.96. The second-order valence-corrected chi connectivity index (χ2v) is 8.47. The first kappa shape index (κ1) is 19.9. The van der Waals surface area contributed by atoms with Crippen molar-refractivity contribution in [3.8, 4) is 16.9 Å². The zero-order valence-corrected chi connectivity index (χ0v) is 18.0. The fourth-order valence-corrected chi connectivity index (χ4v) is 5.00. The van der Waals surface area contributed by atoms with Gasteiger partial charge in [0.15, 0.2) is 0 Å². The van der Waals surface area contributed by atoms with Crippen molar-refractivity contribution in [2.75, 3.05) is 6.61 Å². The molecule has 31 heavy (non-hydrogen) atoms. The van der Waals surface area contributed by atoms with Gasteiger partial charge < -0.3 is 9.47 Å². The van der Waals surface area contributed by atoms with Gasteiger partial charge in [-0.05, 0) is 90.6 Å². The second-order valence-electron chi connectivity index (χ2n) is 8.47. The summed E-state index contributed by atoms with van der Waals surface area (Å²) in [6.45, 7) is 2.23. The molecule has 0 spiro atoms. The van der Waals surface area contributed by atoms with Crippen LogP contribution in [0.5, 0.6) is 5.75 Å². The van der Waals surface area contributed by atoms with Crippen LogP contribution in [0.4, 0.5) is 0 Å². The SMILES string of the molecule is CCOC(=O)/C=C1\CCc2c1ccc(OC1CCCC1)c2-c1ccc2ccccc2c1. The molecule has 3 aromatic rings. The molecule has 3 heteroatoms. The summed E-state index contributed by atoms with van der Waals surface area (Å²) in [6, 6.07) is 19.3. The van der Waals surface area contributed by atoms with Crippen molar-refractivity contribution < 1.29 is 14.3 Å². The molecule has 0 heterocycles. The number of rotatable bonds is 5. The fourth-order valence-electron chi connectivity index (χ4n) is 5.00. The summed E-state index contributed by atoms with van der Waals surface area (Å²) in [5.74, 6) is 0.710. The smallest absolute Gasteiger partial charge is 0.331 e. The first-order valence-corrected chi connectivity index (χ1v) is 11.4. The maximum Gasteiger partial charge on any atom is 0.331 e. The molecular weight excluding hydrogens is 384 g/mol. The topological polar surface area (TPSA) is 35.5 Å². The molecule has 2 aliphatic carbocycles. The Hall–Kier alpha value is -3.07. The molecule has 1 saturated carbocycles. The van der Waals surface area contributed by atoms with Gasteiger partial charge in [0.2, 0.25) is 0 Å². The van der Waals surface area contributed by atoms with Crippen LogP contribution >= 0.6 is 0 Å². The van der Waals surface area contributed by atoms with Gasteiger partial charge in [-0.3, -0.25) is 0 Å². The molecule has 0 saturated heterocycles. The van der Waals surface area contributed by atoms with Crippen LogP contribution in [0.15, 0.2) is 60.7 Å². The molecular formula is C28H28O3. The van der Waals surface area contributed by atoms with E-state index < -0.39 is 0 Å². The van der Waals surface area contributed by atoms with E-state index in [1.54, 1.807) is 6.08 Å². The number of esters is 1. The lowest BCUT2D eigenvalue weighted by Crippen LogP contribution is -2.12. The molecule has 0 N–H and O–H groups in total. The first-order chi connectivity index (χ1) is 15.2. The number of hydrogen-bond donors (Lipinski definition) is 0. The summed E-state index contributed by atoms with van der Waals surface area (Å²) in [6.07, 6.45) is 8.46. The monoisotopic (exact) mass is 412 g/mol. The summed E-state index contributed by atoms with van der Waals surface area (Å²) in [5, 5.41) is 2.46. The van der Waals surface area contributed by atoms with Crippen LogP contribution in [0.25, 0.3) is 27.5 Å². The van der Waals surface area contributed by atoms with Crippen molar-refractivity contribution in [3.63, 3.8) is 0 Å². The molecule has 0 bridgehead atoms. The van der Waals surface area contributed by atoms with Crippen LogP contribution in [0.3, 0.4) is 0 Å². The number of ether oxygens (including phenoxy) is 2. The average Bonchev–Trinajstić information content (AvgIpc) is 3.44. The van der Waals surface area contributed by atoms with Crippen LogP contribution in [-0.4, -0.2) is 18.7 Å². The molecule has 0 unspecified atom stereocenters. The molecule has 3 aromatic carbocycles. The molecule has 1 fully saturated rings. The van der Waals surface area contributed by atoms with Crippen LogP contribution in [0.1, 0.15) is 50.2 Å². The summed E-state index contributed by atoms with van der Waals surface area (Å²) < 4.78 is 11.7. The van der Waals surface area contributed by atoms with Crippen LogP contribution in [0.2, 0.25) is 0 Å². The number of carbonyl (C=O) groups is 1. The van der Waals surface area contributed by atoms with Gasteiger partial charge in [-0.15, -0.1) is 0 Å². The Morgan fingerprint density at radius 3 is 2.61 bits per heavy atom. The Labute approximate surface area is 183 Å². The Kier molecular flexibility index (Phi) is 5.50. The molecule has 0 atom stereocenters. The highest BCUT2D eigenvalue weighted by Crippen LogP contribution is 2.45. The van der Waals surface area contributed by atoms with Gasteiger partial charge in [0, 0.05) is 11.6 Å². The summed E-state index contributed by atoms with van der Waals surface area (Å²) in [7, 11) is 0. The van der Waals surface area contributed by atoms with Crippen molar-refractivity contribution in [2.45, 2.75) is 51.6 Å². The third-order valence-corrected chi connectivity index (χ3v) is 6.48. The van der Waals surface area contributed by atoms with E-state index in [2.05, 4.69) is 54.6 Å². The Morgan fingerprint density at radius 2 is 1.81 bits per heavy atom. The first-order valence-electron chi connectivity index (χ1n) is 11.4. The van der Waals surface area contributed by atoms with E-state index in [1.165, 1.54) is 40.3 Å². The Morgan fingerprint density at radius 1 is 1.00 bits per heavy atom. The zero-order valence-electron chi connectivity index (χ0n) is 18.0. The molecule has 0 aromatic heterocycles. The summed E-state index contributed by atoms with van der Waals surface area (Å²) >= 11 is 0. The van der Waals surface area contributed by atoms with Gasteiger partial charge in [-0.25, -0.2) is 4.79 Å². The number of benzene rings is 3. The lowest BCUT2D eigenvalue weighted by atomic mass is 9.93. The van der Waals surface area contributed by atoms with E-state index in [4.69, 9.17) is 9.47 Å². The standard InChI is InChI=1S/C28H28O3/c1-2-30-27(29)18-21-13-14-25-24(21)15-16-26(31-23-9-5-6-10-23)28(25)22-12-11-19-7-3-4-8-20(19)17-22/h3-4,7-8,11-12,15-18,23H,2,5-6,9-10,13-14H2,1H3/b21-18+. The van der Waals surface area contributed by atoms with Gasteiger partial charge in [0.25, 0.3) is 0 Å². The molecule has 158 valence electrons. The third-order valence-electron chi connectivity index (χ3n) is 6.48. The van der Waals surface area contributed by atoms with Crippen molar-refractivity contribution >= 4 is 22.3 Å². The number of allylic oxidation sites excluding steroid dienone is 1. The molecule has 5 rings (SSSR count). The largest absolute Gasteiger partial charge is 0.490 e. The average molecular weight is 413 g/mol. The van der Waals surface area contributed by atoms with E-state index in [-0.39, 0.29) is 5.97 Å². The van der Waals surface area contributed by atoms with Crippen LogP contribution < -0.4 is 4.74 Å². The van der Waals surface area contributed by atoms with Gasteiger partial charge in [0.1, 0.15) is 5.75 Å². The highest BCUT2D eigenvalue weighted by Gasteiger charge is 2.26. The number of fused-ring (bicyclic) bond motifs is 2. The quantitative estimate of drug-likeness (QED) is 0.345. The van der Waals surface area contributed by atoms with Crippen LogP contribution in [0, 0.1) is 0 Å². The zero-order chi connectivity index (χ0) is 21.2. The Bertz CT molecular complexity index is 1150. The minimum atomic E-state index is -0.260. The van der Waals surface area contributed by atoms with Crippen molar-refractivity contribution in [3.05, 3.63) is 71.8 Å². The van der Waals surface area contributed by atoms with E-state index in [9.17, 15) is 4.79 Å². The minimum absolute atomic E-state index is 0.260. The molecule has 3 nitrogen and oxygen atoms in total. The lowest BCUT2D eigenvalue weighted by Gasteiger charge is -2.20. The lowest BCUT2D eigenvalue weighted by molar-refractivity contribution is -0.137. The predicted octanol–water partition coefficient (Wildman–Crippen LogP) is 6.72. The molecule has 2 aliphatic rings. The van der Waals surface area contributed by atoms with Crippen molar-refractivity contribution in [1.29, 1.82) is 0 Å². The van der Waals surface area contributed by atoms with Gasteiger partial charge in [-0.1, -0.05) is 42.5 Å². The second kappa shape index (κ2) is 8.58. The van der Waals surface area contributed by atoms with E-state index in [1.807, 2.05) is 6.92 Å². The fraction of sp³-hybridized carbons (Fsp3) is 0.321. The van der Waals surface area contributed by atoms with Gasteiger partial charge in [0.05, 0.1) is 12.7 Å². The third kappa shape index (κ3) is 3.97. The molecule has 0 amide bonds.